The second kappa shape index (κ2) is 4.16. The fourth-order valence-electron chi connectivity index (χ4n) is 1.37. The second-order valence-corrected chi connectivity index (χ2v) is 3.47. The van der Waals surface area contributed by atoms with Gasteiger partial charge in [0.2, 0.25) is 0 Å². The summed E-state index contributed by atoms with van der Waals surface area (Å²) in [5, 5.41) is 4.01. The Bertz CT molecular complexity index is 545. The van der Waals surface area contributed by atoms with Gasteiger partial charge in [-0.15, -0.1) is 0 Å². The van der Waals surface area contributed by atoms with E-state index < -0.39 is 0 Å². The lowest BCUT2D eigenvalue weighted by Crippen LogP contribution is -2.21. The first kappa shape index (κ1) is 10.4. The molecule has 0 spiro atoms. The fraction of sp³-hybridized carbons (Fsp3) is 0.0909. The summed E-state index contributed by atoms with van der Waals surface area (Å²) in [6.07, 6.45) is 1.50. The molecule has 1 aromatic heterocycles. The Morgan fingerprint density at radius 1 is 1.31 bits per heavy atom. The third kappa shape index (κ3) is 1.94. The van der Waals surface area contributed by atoms with Gasteiger partial charge in [0.05, 0.1) is 17.6 Å². The van der Waals surface area contributed by atoms with Crippen LogP contribution in [0.1, 0.15) is 5.56 Å². The molecule has 0 aliphatic heterocycles. The number of hydrogen-bond acceptors (Lipinski definition) is 4. The van der Waals surface area contributed by atoms with E-state index in [2.05, 4.69) is 10.5 Å². The van der Waals surface area contributed by atoms with Gasteiger partial charge in [0.15, 0.2) is 0 Å². The van der Waals surface area contributed by atoms with Crippen LogP contribution in [0, 0.1) is 6.92 Å². The molecule has 0 radical (unpaired) electrons. The molecule has 0 saturated carbocycles. The normalized spacial score (nSPS) is 10.1. The maximum Gasteiger partial charge on any atom is 0.273 e. The minimum Gasteiger partial charge on any atom is -0.322 e. The predicted octanol–water partition coefficient (Wildman–Crippen LogP) is 0.827. The monoisotopic (exact) mass is 216 g/mol. The zero-order chi connectivity index (χ0) is 11.5. The molecule has 0 fully saturated rings. The van der Waals surface area contributed by atoms with Crippen molar-refractivity contribution in [3.63, 3.8) is 0 Å². The van der Waals surface area contributed by atoms with Crippen LogP contribution >= 0.6 is 0 Å². The van der Waals surface area contributed by atoms with Crippen molar-refractivity contribution in [2.24, 2.45) is 5.84 Å². The van der Waals surface area contributed by atoms with E-state index in [1.54, 1.807) is 0 Å². The molecule has 0 aliphatic carbocycles. The third-order valence-corrected chi connectivity index (χ3v) is 2.25. The molecular weight excluding hydrogens is 204 g/mol. The largest absolute Gasteiger partial charge is 0.322 e. The number of hydrazine groups is 1. The Labute approximate surface area is 92.5 Å². The quantitative estimate of drug-likeness (QED) is 0.576. The van der Waals surface area contributed by atoms with Crippen LogP contribution in [0.4, 0.5) is 5.69 Å². The number of nitrogen functional groups attached to an aromatic ring is 1. The summed E-state index contributed by atoms with van der Waals surface area (Å²) in [6, 6.07) is 8.95. The number of aromatic nitrogens is 2. The van der Waals surface area contributed by atoms with E-state index in [1.165, 1.54) is 16.9 Å². The van der Waals surface area contributed by atoms with Gasteiger partial charge >= 0.3 is 0 Å². The summed E-state index contributed by atoms with van der Waals surface area (Å²) < 4.78 is 1.32. The van der Waals surface area contributed by atoms with Gasteiger partial charge in [-0.2, -0.15) is 9.78 Å². The van der Waals surface area contributed by atoms with E-state index in [1.807, 2.05) is 31.2 Å². The van der Waals surface area contributed by atoms with Gasteiger partial charge in [-0.3, -0.25) is 10.6 Å². The summed E-state index contributed by atoms with van der Waals surface area (Å²) in [5.41, 5.74) is 4.52. The first-order chi connectivity index (χ1) is 7.70. The molecule has 16 heavy (non-hydrogen) atoms. The number of aryl methyl sites for hydroxylation is 1. The first-order valence-electron chi connectivity index (χ1n) is 4.84. The summed E-state index contributed by atoms with van der Waals surface area (Å²) >= 11 is 0. The van der Waals surface area contributed by atoms with Crippen molar-refractivity contribution in [3.05, 3.63) is 52.4 Å². The van der Waals surface area contributed by atoms with Crippen molar-refractivity contribution in [3.8, 4) is 5.69 Å². The Morgan fingerprint density at radius 3 is 2.56 bits per heavy atom. The molecular formula is C11H12N4O. The van der Waals surface area contributed by atoms with E-state index >= 15 is 0 Å². The van der Waals surface area contributed by atoms with Gasteiger partial charge in [-0.25, -0.2) is 0 Å². The maximum atomic E-state index is 11.7. The van der Waals surface area contributed by atoms with Crippen molar-refractivity contribution in [2.45, 2.75) is 6.92 Å². The van der Waals surface area contributed by atoms with Crippen LogP contribution in [0.2, 0.25) is 0 Å². The van der Waals surface area contributed by atoms with Crippen LogP contribution in [0.25, 0.3) is 5.69 Å². The van der Waals surface area contributed by atoms with E-state index in [9.17, 15) is 4.79 Å². The number of hydrogen-bond donors (Lipinski definition) is 2. The van der Waals surface area contributed by atoms with Crippen molar-refractivity contribution >= 4 is 5.69 Å². The Balaban J connectivity index is 2.48. The zero-order valence-corrected chi connectivity index (χ0v) is 8.84. The van der Waals surface area contributed by atoms with Gasteiger partial charge in [0, 0.05) is 6.07 Å². The number of rotatable bonds is 2. The molecule has 0 aliphatic rings. The highest BCUT2D eigenvalue weighted by Gasteiger charge is 2.01. The van der Waals surface area contributed by atoms with Gasteiger partial charge < -0.3 is 5.43 Å². The Hall–Kier alpha value is -2.14. The van der Waals surface area contributed by atoms with Gasteiger partial charge in [-0.05, 0) is 19.1 Å². The molecule has 5 heteroatoms. The zero-order valence-electron chi connectivity index (χ0n) is 8.84. The van der Waals surface area contributed by atoms with Crippen molar-refractivity contribution in [1.82, 2.24) is 9.78 Å². The highest BCUT2D eigenvalue weighted by Crippen LogP contribution is 2.06. The molecule has 1 aromatic carbocycles. The minimum atomic E-state index is -0.223. The van der Waals surface area contributed by atoms with Crippen LogP contribution in [0.15, 0.2) is 41.3 Å². The van der Waals surface area contributed by atoms with Crippen LogP contribution in [-0.4, -0.2) is 9.78 Å². The van der Waals surface area contributed by atoms with Gasteiger partial charge in [0.1, 0.15) is 0 Å². The predicted molar refractivity (Wildman–Crippen MR) is 62.4 cm³/mol. The van der Waals surface area contributed by atoms with Crippen LogP contribution in [0.3, 0.4) is 0 Å². The lowest BCUT2D eigenvalue weighted by molar-refractivity contribution is 0.807. The molecule has 0 unspecified atom stereocenters. The molecule has 82 valence electrons. The molecule has 2 rings (SSSR count). The van der Waals surface area contributed by atoms with E-state index in [4.69, 9.17) is 5.84 Å². The van der Waals surface area contributed by atoms with Crippen molar-refractivity contribution < 1.29 is 0 Å². The maximum absolute atomic E-state index is 11.7. The molecule has 0 saturated heterocycles. The first-order valence-corrected chi connectivity index (χ1v) is 4.84. The van der Waals surface area contributed by atoms with Gasteiger partial charge in [-0.1, -0.05) is 17.7 Å². The number of nitrogens with two attached hydrogens (primary N) is 1. The van der Waals surface area contributed by atoms with Crippen LogP contribution in [-0.2, 0) is 0 Å². The van der Waals surface area contributed by atoms with Crippen LogP contribution in [0.5, 0.6) is 0 Å². The number of nitrogens with zero attached hydrogens (tertiary/aromatic N) is 2. The van der Waals surface area contributed by atoms with E-state index in [-0.39, 0.29) is 5.56 Å². The average molecular weight is 216 g/mol. The number of nitrogens with one attached hydrogen (secondary N) is 1. The summed E-state index contributed by atoms with van der Waals surface area (Å²) in [7, 11) is 0. The van der Waals surface area contributed by atoms with E-state index in [0.29, 0.717) is 5.69 Å². The number of anilines is 1. The molecule has 0 atom stereocenters. The molecule has 0 bridgehead atoms. The smallest absolute Gasteiger partial charge is 0.273 e. The fourth-order valence-corrected chi connectivity index (χ4v) is 1.37. The average Bonchev–Trinajstić information content (AvgIpc) is 2.30. The minimum absolute atomic E-state index is 0.223. The Kier molecular flexibility index (Phi) is 2.70. The summed E-state index contributed by atoms with van der Waals surface area (Å²) in [5.74, 6) is 5.19. The summed E-state index contributed by atoms with van der Waals surface area (Å²) in [6.45, 7) is 1.99. The van der Waals surface area contributed by atoms with Crippen LogP contribution < -0.4 is 16.8 Å². The lowest BCUT2D eigenvalue weighted by Gasteiger charge is -2.05. The highest BCUT2D eigenvalue weighted by molar-refractivity contribution is 5.39. The lowest BCUT2D eigenvalue weighted by atomic mass is 10.2. The molecule has 2 aromatic rings. The summed E-state index contributed by atoms with van der Waals surface area (Å²) in [4.78, 5) is 11.7. The SMILES string of the molecule is Cc1ccc(-n2ncc(NN)cc2=O)cc1. The van der Waals surface area contributed by atoms with Gasteiger partial charge in [0.25, 0.3) is 5.56 Å². The molecule has 0 amide bonds. The van der Waals surface area contributed by atoms with E-state index in [0.717, 1.165) is 11.3 Å². The second-order valence-electron chi connectivity index (χ2n) is 3.47. The highest BCUT2D eigenvalue weighted by atomic mass is 16.1. The number of benzene rings is 1. The third-order valence-electron chi connectivity index (χ3n) is 2.25. The molecule has 5 nitrogen and oxygen atoms in total. The van der Waals surface area contributed by atoms with Crippen molar-refractivity contribution in [2.75, 3.05) is 5.43 Å². The molecule has 1 heterocycles. The van der Waals surface area contributed by atoms with Crippen molar-refractivity contribution in [1.29, 1.82) is 0 Å². The Morgan fingerprint density at radius 2 is 2.00 bits per heavy atom. The topological polar surface area (TPSA) is 72.9 Å². The standard InChI is InChI=1S/C11H12N4O/c1-8-2-4-10(5-3-8)15-11(16)6-9(14-12)7-13-15/h2-7,14H,12H2,1H3. The molecule has 3 N–H and O–H groups in total.